The molecule has 0 aliphatic carbocycles. The number of hydrogen-bond acceptors (Lipinski definition) is 6. The van der Waals surface area contributed by atoms with Crippen molar-refractivity contribution in [3.63, 3.8) is 0 Å². The Hall–Kier alpha value is -2.00. The second kappa shape index (κ2) is 6.07. The van der Waals surface area contributed by atoms with Gasteiger partial charge in [-0.05, 0) is 12.1 Å². The summed E-state index contributed by atoms with van der Waals surface area (Å²) in [6.45, 7) is -0.507. The molecule has 7 nitrogen and oxygen atoms in total. The predicted molar refractivity (Wildman–Crippen MR) is 61.4 cm³/mol. The molecule has 18 heavy (non-hydrogen) atoms. The second-order valence-corrected chi connectivity index (χ2v) is 3.39. The lowest BCUT2D eigenvalue weighted by Crippen LogP contribution is -2.27. The zero-order valence-electron chi connectivity index (χ0n) is 9.14. The number of aliphatic hydroxyl groups is 1. The molecule has 0 spiro atoms. The molecule has 1 unspecified atom stereocenters. The number of anilines is 2. The first kappa shape index (κ1) is 14.1. The van der Waals surface area contributed by atoms with Gasteiger partial charge in [0.05, 0.1) is 4.92 Å². The van der Waals surface area contributed by atoms with Gasteiger partial charge in [0.15, 0.2) is 0 Å². The van der Waals surface area contributed by atoms with E-state index in [1.165, 1.54) is 18.2 Å². The zero-order valence-corrected chi connectivity index (χ0v) is 9.14. The fourth-order valence-corrected chi connectivity index (χ4v) is 1.30. The van der Waals surface area contributed by atoms with E-state index in [0.717, 1.165) is 0 Å². The Morgan fingerprint density at radius 3 is 2.56 bits per heavy atom. The van der Waals surface area contributed by atoms with Crippen LogP contribution in [-0.2, 0) is 0 Å². The molecule has 0 bridgehead atoms. The molecule has 0 heterocycles. The largest absolute Gasteiger partial charge is 0.385 e. The topological polar surface area (TPSA) is 113 Å². The minimum absolute atomic E-state index is 0.00449. The van der Waals surface area contributed by atoms with E-state index in [0.29, 0.717) is 0 Å². The third-order valence-corrected chi connectivity index (χ3v) is 2.17. The molecule has 0 radical (unpaired) electrons. The Morgan fingerprint density at radius 2 is 2.06 bits per heavy atom. The van der Waals surface area contributed by atoms with Crippen LogP contribution in [0.3, 0.4) is 0 Å². The standard InChI is InChI=1S/C9H12F2N4O3/c10-9(11)7(16)4-13-5-2-1-3-6(14-12)8(5)15(17)18/h1-3,7,9,13-14,16H,4,12H2. The van der Waals surface area contributed by atoms with Crippen LogP contribution in [0.1, 0.15) is 0 Å². The SMILES string of the molecule is NNc1cccc(NCC(O)C(F)F)c1[N+](=O)[O-]. The number of rotatable bonds is 6. The molecule has 0 aromatic heterocycles. The van der Waals surface area contributed by atoms with E-state index in [-0.39, 0.29) is 17.1 Å². The summed E-state index contributed by atoms with van der Waals surface area (Å²) < 4.78 is 24.2. The first-order chi connectivity index (χ1) is 8.47. The highest BCUT2D eigenvalue weighted by Crippen LogP contribution is 2.32. The molecular formula is C9H12F2N4O3. The van der Waals surface area contributed by atoms with E-state index in [1.54, 1.807) is 0 Å². The van der Waals surface area contributed by atoms with Crippen LogP contribution in [0.5, 0.6) is 0 Å². The molecule has 1 rings (SSSR count). The Labute approximate surface area is 101 Å². The van der Waals surface area contributed by atoms with E-state index in [2.05, 4.69) is 10.7 Å². The molecule has 0 fully saturated rings. The van der Waals surface area contributed by atoms with Crippen LogP contribution in [0.15, 0.2) is 18.2 Å². The van der Waals surface area contributed by atoms with Gasteiger partial charge in [0, 0.05) is 6.54 Å². The van der Waals surface area contributed by atoms with Crippen LogP contribution < -0.4 is 16.6 Å². The minimum Gasteiger partial charge on any atom is -0.385 e. The maximum absolute atomic E-state index is 12.1. The lowest BCUT2D eigenvalue weighted by molar-refractivity contribution is -0.383. The Morgan fingerprint density at radius 1 is 1.44 bits per heavy atom. The van der Waals surface area contributed by atoms with Gasteiger partial charge in [-0.3, -0.25) is 16.0 Å². The van der Waals surface area contributed by atoms with Gasteiger partial charge < -0.3 is 15.8 Å². The molecule has 1 aromatic carbocycles. The molecule has 0 aliphatic rings. The molecule has 0 aliphatic heterocycles. The highest BCUT2D eigenvalue weighted by atomic mass is 19.3. The van der Waals surface area contributed by atoms with Gasteiger partial charge >= 0.3 is 5.69 Å². The summed E-state index contributed by atoms with van der Waals surface area (Å²) in [6.07, 6.45) is -4.83. The molecule has 0 saturated carbocycles. The number of nitrogens with one attached hydrogen (secondary N) is 2. The van der Waals surface area contributed by atoms with Crippen LogP contribution >= 0.6 is 0 Å². The number of hydrazine groups is 1. The van der Waals surface area contributed by atoms with Gasteiger partial charge in [-0.25, -0.2) is 8.78 Å². The third kappa shape index (κ3) is 3.25. The molecule has 9 heteroatoms. The van der Waals surface area contributed by atoms with Crippen LogP contribution in [0.25, 0.3) is 0 Å². The number of nitrogens with two attached hydrogens (primary N) is 1. The van der Waals surface area contributed by atoms with Crippen LogP contribution in [0.4, 0.5) is 25.8 Å². The molecule has 1 aromatic rings. The maximum Gasteiger partial charge on any atom is 0.316 e. The number of nitrogens with zero attached hydrogens (tertiary/aromatic N) is 1. The smallest absolute Gasteiger partial charge is 0.316 e. The lowest BCUT2D eigenvalue weighted by Gasteiger charge is -2.13. The summed E-state index contributed by atoms with van der Waals surface area (Å²) in [5, 5.41) is 22.1. The number of nitro groups is 1. The molecule has 5 N–H and O–H groups in total. The van der Waals surface area contributed by atoms with E-state index < -0.39 is 24.0 Å². The van der Waals surface area contributed by atoms with Gasteiger partial charge in [-0.1, -0.05) is 6.07 Å². The van der Waals surface area contributed by atoms with E-state index in [9.17, 15) is 18.9 Å². The molecule has 100 valence electrons. The number of hydrogen-bond donors (Lipinski definition) is 4. The van der Waals surface area contributed by atoms with Crippen molar-refractivity contribution < 1.29 is 18.8 Å². The van der Waals surface area contributed by atoms with Crippen molar-refractivity contribution >= 4 is 17.1 Å². The lowest BCUT2D eigenvalue weighted by atomic mass is 10.2. The van der Waals surface area contributed by atoms with Crippen molar-refractivity contribution in [2.24, 2.45) is 5.84 Å². The van der Waals surface area contributed by atoms with Crippen molar-refractivity contribution in [3.05, 3.63) is 28.3 Å². The first-order valence-corrected chi connectivity index (χ1v) is 4.91. The minimum atomic E-state index is -2.92. The van der Waals surface area contributed by atoms with Crippen molar-refractivity contribution in [2.75, 3.05) is 17.3 Å². The summed E-state index contributed by atoms with van der Waals surface area (Å²) in [6, 6.07) is 4.16. The summed E-state index contributed by atoms with van der Waals surface area (Å²) in [7, 11) is 0. The quantitative estimate of drug-likeness (QED) is 0.344. The van der Waals surface area contributed by atoms with Gasteiger partial charge in [-0.2, -0.15) is 0 Å². The molecular weight excluding hydrogens is 250 g/mol. The summed E-state index contributed by atoms with van der Waals surface area (Å²) in [4.78, 5) is 10.1. The van der Waals surface area contributed by atoms with Crippen LogP contribution in [-0.4, -0.2) is 29.1 Å². The van der Waals surface area contributed by atoms with E-state index in [4.69, 9.17) is 10.9 Å². The highest BCUT2D eigenvalue weighted by molar-refractivity contribution is 5.75. The van der Waals surface area contributed by atoms with Crippen molar-refractivity contribution in [3.8, 4) is 0 Å². The average molecular weight is 262 g/mol. The summed E-state index contributed by atoms with van der Waals surface area (Å²) >= 11 is 0. The van der Waals surface area contributed by atoms with Crippen LogP contribution in [0, 0.1) is 10.1 Å². The maximum atomic E-state index is 12.1. The Kier molecular flexibility index (Phi) is 4.75. The Bertz CT molecular complexity index is 430. The van der Waals surface area contributed by atoms with E-state index >= 15 is 0 Å². The molecule has 0 amide bonds. The number of aliphatic hydroxyl groups excluding tert-OH is 1. The fraction of sp³-hybridized carbons (Fsp3) is 0.333. The predicted octanol–water partition coefficient (Wildman–Crippen LogP) is 0.918. The number of halogens is 2. The number of nitro benzene ring substituents is 1. The fourth-order valence-electron chi connectivity index (χ4n) is 1.30. The molecule has 0 saturated heterocycles. The summed E-state index contributed by atoms with van der Waals surface area (Å²) in [5.41, 5.74) is 1.80. The van der Waals surface area contributed by atoms with Gasteiger partial charge in [0.2, 0.25) is 0 Å². The normalized spacial score (nSPS) is 12.3. The van der Waals surface area contributed by atoms with Gasteiger partial charge in [0.25, 0.3) is 6.43 Å². The van der Waals surface area contributed by atoms with Crippen molar-refractivity contribution in [1.29, 1.82) is 0 Å². The first-order valence-electron chi connectivity index (χ1n) is 4.91. The van der Waals surface area contributed by atoms with Crippen LogP contribution in [0.2, 0.25) is 0 Å². The number of para-hydroxylation sites is 1. The van der Waals surface area contributed by atoms with Gasteiger partial charge in [-0.15, -0.1) is 0 Å². The number of nitrogen functional groups attached to an aromatic ring is 1. The van der Waals surface area contributed by atoms with E-state index in [1.807, 2.05) is 0 Å². The number of benzene rings is 1. The molecule has 1 atom stereocenters. The second-order valence-electron chi connectivity index (χ2n) is 3.39. The average Bonchev–Trinajstić information content (AvgIpc) is 2.34. The number of alkyl halides is 2. The third-order valence-electron chi connectivity index (χ3n) is 2.17. The van der Waals surface area contributed by atoms with Crippen molar-refractivity contribution in [1.82, 2.24) is 0 Å². The van der Waals surface area contributed by atoms with Gasteiger partial charge in [0.1, 0.15) is 17.5 Å². The zero-order chi connectivity index (χ0) is 13.7. The Balaban J connectivity index is 2.91. The highest BCUT2D eigenvalue weighted by Gasteiger charge is 2.21. The monoisotopic (exact) mass is 262 g/mol. The summed E-state index contributed by atoms with van der Waals surface area (Å²) in [5.74, 6) is 5.11. The van der Waals surface area contributed by atoms with Crippen molar-refractivity contribution in [2.45, 2.75) is 12.5 Å².